The highest BCUT2D eigenvalue weighted by atomic mass is 16.5. The van der Waals surface area contributed by atoms with E-state index in [9.17, 15) is 4.79 Å². The maximum absolute atomic E-state index is 11.4. The zero-order valence-corrected chi connectivity index (χ0v) is 13.7. The van der Waals surface area contributed by atoms with E-state index in [1.165, 1.54) is 6.33 Å². The molecule has 0 spiro atoms. The van der Waals surface area contributed by atoms with Crippen molar-refractivity contribution in [1.82, 2.24) is 25.0 Å². The van der Waals surface area contributed by atoms with Crippen molar-refractivity contribution in [3.05, 3.63) is 78.6 Å². The summed E-state index contributed by atoms with van der Waals surface area (Å²) in [6.45, 7) is 0.617. The second kappa shape index (κ2) is 6.73. The van der Waals surface area contributed by atoms with Crippen LogP contribution in [0.25, 0.3) is 22.2 Å². The van der Waals surface area contributed by atoms with Gasteiger partial charge in [0.1, 0.15) is 12.0 Å². The third kappa shape index (κ3) is 2.91. The van der Waals surface area contributed by atoms with Crippen LogP contribution in [0.15, 0.2) is 67.5 Å². The molecule has 0 bridgehead atoms. The average molecular weight is 345 g/mol. The van der Waals surface area contributed by atoms with Gasteiger partial charge in [-0.25, -0.2) is 20.4 Å². The highest BCUT2D eigenvalue weighted by Gasteiger charge is 2.10. The molecule has 0 atom stereocenters. The van der Waals surface area contributed by atoms with Crippen LogP contribution in [0.4, 0.5) is 0 Å². The Bertz CT molecular complexity index is 1060. The minimum Gasteiger partial charge on any atom is -0.328 e. The number of hydrogen-bond donors (Lipinski definition) is 2. The van der Waals surface area contributed by atoms with E-state index in [0.29, 0.717) is 12.1 Å². The molecule has 0 saturated heterocycles. The summed E-state index contributed by atoms with van der Waals surface area (Å²) in [6.07, 6.45) is 8.83. The number of aromatic nitrogens is 4. The van der Waals surface area contributed by atoms with Crippen molar-refractivity contribution in [1.29, 1.82) is 0 Å². The smallest absolute Gasteiger partial charge is 0.274 e. The monoisotopic (exact) mass is 345 g/mol. The Morgan fingerprint density at radius 1 is 1.08 bits per heavy atom. The topological polar surface area (TPSA) is 92.9 Å². The normalized spacial score (nSPS) is 10.8. The second-order valence-corrected chi connectivity index (χ2v) is 5.80. The molecule has 7 heteroatoms. The number of carbonyl (C=O) groups excluding carboxylic acids is 1. The number of hydrogen-bond acceptors (Lipinski definition) is 5. The van der Waals surface area contributed by atoms with Crippen LogP contribution in [0.2, 0.25) is 0 Å². The number of nitrogens with zero attached hydrogens (tertiary/aromatic N) is 4. The van der Waals surface area contributed by atoms with E-state index in [-0.39, 0.29) is 0 Å². The lowest BCUT2D eigenvalue weighted by molar-refractivity contribution is 0.0706. The van der Waals surface area contributed by atoms with Crippen LogP contribution in [-0.2, 0) is 6.54 Å². The third-order valence-corrected chi connectivity index (χ3v) is 4.20. The first-order valence-corrected chi connectivity index (χ1v) is 7.99. The highest BCUT2D eigenvalue weighted by Crippen LogP contribution is 2.27. The van der Waals surface area contributed by atoms with Gasteiger partial charge in [-0.1, -0.05) is 12.1 Å². The Balaban J connectivity index is 1.67. The lowest BCUT2D eigenvalue weighted by atomic mass is 10.1. The maximum Gasteiger partial charge on any atom is 0.274 e. The number of pyridine rings is 1. The lowest BCUT2D eigenvalue weighted by Gasteiger charge is -2.07. The van der Waals surface area contributed by atoms with E-state index < -0.39 is 5.91 Å². The van der Waals surface area contributed by atoms with Crippen LogP contribution in [0.3, 0.4) is 0 Å². The van der Waals surface area contributed by atoms with Gasteiger partial charge in [0.15, 0.2) is 0 Å². The number of hydroxylamine groups is 1. The van der Waals surface area contributed by atoms with Crippen molar-refractivity contribution in [2.75, 3.05) is 0 Å². The van der Waals surface area contributed by atoms with Gasteiger partial charge >= 0.3 is 0 Å². The van der Waals surface area contributed by atoms with Crippen LogP contribution >= 0.6 is 0 Å². The maximum atomic E-state index is 11.4. The summed E-state index contributed by atoms with van der Waals surface area (Å²) in [6, 6.07) is 11.0. The molecule has 1 aromatic carbocycles. The summed E-state index contributed by atoms with van der Waals surface area (Å²) in [7, 11) is 0. The minimum atomic E-state index is -0.528. The van der Waals surface area contributed by atoms with E-state index in [0.717, 1.165) is 27.7 Å². The summed E-state index contributed by atoms with van der Waals surface area (Å²) >= 11 is 0. The number of rotatable bonds is 4. The SMILES string of the molecule is O=C(NO)c1ccc(Cn2ccc3c(-c4cncnc4)ccnc32)cc1. The molecular formula is C19H15N5O2. The Kier molecular flexibility index (Phi) is 4.12. The summed E-state index contributed by atoms with van der Waals surface area (Å²) < 4.78 is 2.05. The number of fused-ring (bicyclic) bond motifs is 1. The molecule has 0 aliphatic heterocycles. The molecule has 2 N–H and O–H groups in total. The fraction of sp³-hybridized carbons (Fsp3) is 0.0526. The summed E-state index contributed by atoms with van der Waals surface area (Å²) in [5, 5.41) is 9.71. The van der Waals surface area contributed by atoms with Gasteiger partial charge in [0.05, 0.1) is 0 Å². The van der Waals surface area contributed by atoms with Gasteiger partial charge in [-0.2, -0.15) is 0 Å². The van der Waals surface area contributed by atoms with Crippen molar-refractivity contribution in [3.8, 4) is 11.1 Å². The molecule has 0 unspecified atom stereocenters. The lowest BCUT2D eigenvalue weighted by Crippen LogP contribution is -2.18. The van der Waals surface area contributed by atoms with Crippen molar-refractivity contribution >= 4 is 16.9 Å². The Morgan fingerprint density at radius 2 is 1.85 bits per heavy atom. The van der Waals surface area contributed by atoms with Crippen LogP contribution < -0.4 is 5.48 Å². The molecule has 3 heterocycles. The third-order valence-electron chi connectivity index (χ3n) is 4.20. The quantitative estimate of drug-likeness (QED) is 0.438. The molecule has 4 aromatic rings. The molecule has 0 aliphatic carbocycles. The molecule has 7 nitrogen and oxygen atoms in total. The standard InChI is InChI=1S/C19H15N5O2/c25-19(23-26)14-3-1-13(2-4-14)11-24-8-6-17-16(5-7-22-18(17)24)15-9-20-12-21-10-15/h1-10,12,26H,11H2,(H,23,25). The second-order valence-electron chi connectivity index (χ2n) is 5.80. The molecule has 3 aromatic heterocycles. The van der Waals surface area contributed by atoms with Gasteiger partial charge in [0, 0.05) is 47.8 Å². The van der Waals surface area contributed by atoms with E-state index >= 15 is 0 Å². The predicted octanol–water partition coefficient (Wildman–Crippen LogP) is 2.66. The molecule has 0 saturated carbocycles. The molecule has 1 amide bonds. The van der Waals surface area contributed by atoms with Crippen molar-refractivity contribution < 1.29 is 10.0 Å². The molecule has 4 rings (SSSR count). The summed E-state index contributed by atoms with van der Waals surface area (Å²) in [5.74, 6) is -0.528. The molecule has 0 fully saturated rings. The van der Waals surface area contributed by atoms with Crippen LogP contribution in [0.1, 0.15) is 15.9 Å². The van der Waals surface area contributed by atoms with E-state index in [4.69, 9.17) is 5.21 Å². The molecule has 128 valence electrons. The van der Waals surface area contributed by atoms with E-state index in [1.54, 1.807) is 36.2 Å². The molecular weight excluding hydrogens is 330 g/mol. The fourth-order valence-corrected chi connectivity index (χ4v) is 2.93. The number of amides is 1. The molecule has 26 heavy (non-hydrogen) atoms. The first-order valence-electron chi connectivity index (χ1n) is 7.99. The summed E-state index contributed by atoms with van der Waals surface area (Å²) in [4.78, 5) is 24.1. The zero-order valence-electron chi connectivity index (χ0n) is 13.7. The van der Waals surface area contributed by atoms with Gasteiger partial charge in [-0.05, 0) is 35.4 Å². The van der Waals surface area contributed by atoms with Crippen molar-refractivity contribution in [3.63, 3.8) is 0 Å². The van der Waals surface area contributed by atoms with Crippen LogP contribution in [0.5, 0.6) is 0 Å². The van der Waals surface area contributed by atoms with Crippen molar-refractivity contribution in [2.45, 2.75) is 6.54 Å². The van der Waals surface area contributed by atoms with Gasteiger partial charge in [0.2, 0.25) is 0 Å². The van der Waals surface area contributed by atoms with Gasteiger partial charge in [0.25, 0.3) is 5.91 Å². The zero-order chi connectivity index (χ0) is 17.9. The fourth-order valence-electron chi connectivity index (χ4n) is 2.93. The van der Waals surface area contributed by atoms with Crippen molar-refractivity contribution in [2.24, 2.45) is 0 Å². The number of carbonyl (C=O) groups is 1. The Morgan fingerprint density at radius 3 is 2.58 bits per heavy atom. The number of benzene rings is 1. The molecule has 0 aliphatic rings. The number of nitrogens with one attached hydrogen (secondary N) is 1. The first kappa shape index (κ1) is 15.9. The predicted molar refractivity (Wildman–Crippen MR) is 95.6 cm³/mol. The average Bonchev–Trinajstić information content (AvgIpc) is 3.11. The van der Waals surface area contributed by atoms with Gasteiger partial charge < -0.3 is 4.57 Å². The van der Waals surface area contributed by atoms with Gasteiger partial charge in [-0.15, -0.1) is 0 Å². The summed E-state index contributed by atoms with van der Waals surface area (Å²) in [5.41, 5.74) is 5.89. The largest absolute Gasteiger partial charge is 0.328 e. The minimum absolute atomic E-state index is 0.401. The first-order chi connectivity index (χ1) is 12.8. The molecule has 0 radical (unpaired) electrons. The van der Waals surface area contributed by atoms with Crippen LogP contribution in [-0.4, -0.2) is 30.6 Å². The highest BCUT2D eigenvalue weighted by molar-refractivity contribution is 5.93. The van der Waals surface area contributed by atoms with Crippen LogP contribution in [0, 0.1) is 0 Å². The van der Waals surface area contributed by atoms with E-state index in [1.807, 2.05) is 35.0 Å². The Hall–Kier alpha value is -3.58. The van der Waals surface area contributed by atoms with E-state index in [2.05, 4.69) is 15.0 Å². The van der Waals surface area contributed by atoms with Gasteiger partial charge in [-0.3, -0.25) is 10.0 Å². The Labute approximate surface area is 148 Å².